The number of guanidine groups is 2. The van der Waals surface area contributed by atoms with Crippen LogP contribution in [0.15, 0.2) is 26.7 Å². The summed E-state index contributed by atoms with van der Waals surface area (Å²) in [7, 11) is 0. The molecule has 0 aromatic carbocycles. The molecule has 4 aliphatic heterocycles. The fourth-order valence-corrected chi connectivity index (χ4v) is 7.06. The number of amides is 1. The summed E-state index contributed by atoms with van der Waals surface area (Å²) in [5.41, 5.74) is 16.2. The lowest BCUT2D eigenvalue weighted by molar-refractivity contribution is -0.0686. The molecule has 0 bridgehead atoms. The number of hydrogen-bond donors (Lipinski definition) is 7. The number of aromatic nitrogens is 1. The number of carbonyl (C=O) groups is 1. The number of aliphatic hydroxyl groups is 2. The lowest BCUT2D eigenvalue weighted by Gasteiger charge is -2.51. The Balaban J connectivity index is 1.60. The standard InChI is InChI=1S/C17H22BrN9O3/c18-5-1-8-11(29)27-4-7-6(2-19)10(28)16(13(30)23-15(21)24-16)9(7)17(27)12(26(8)3-5)22-14(20)25-17/h1,3,6-7,9-10,12-13,28,30H,2,4,19H2,(H3,20,22,25)(H3,21,23,24)/t6-,7+,9+,10-,12+,13-,16?,17-/m1/s1. The third-order valence-corrected chi connectivity index (χ3v) is 7.97. The third kappa shape index (κ3) is 1.78. The number of hydrogen-bond acceptors (Lipinski definition) is 10. The van der Waals surface area contributed by atoms with E-state index < -0.39 is 35.6 Å². The highest BCUT2D eigenvalue weighted by Gasteiger charge is 2.79. The molecule has 1 amide bonds. The molecule has 2 fully saturated rings. The topological polar surface area (TPSA) is 193 Å². The Morgan fingerprint density at radius 2 is 2.00 bits per heavy atom. The van der Waals surface area contributed by atoms with Crippen molar-refractivity contribution in [2.45, 2.75) is 29.7 Å². The molecule has 12 nitrogen and oxygen atoms in total. The van der Waals surface area contributed by atoms with Gasteiger partial charge in [0.1, 0.15) is 11.2 Å². The number of fused-ring (bicyclic) bond motifs is 4. The van der Waals surface area contributed by atoms with Crippen molar-refractivity contribution in [2.75, 3.05) is 13.1 Å². The number of rotatable bonds is 1. The van der Waals surface area contributed by atoms with Crippen molar-refractivity contribution in [3.63, 3.8) is 0 Å². The van der Waals surface area contributed by atoms with E-state index >= 15 is 0 Å². The minimum atomic E-state index is -1.33. The number of halogens is 1. The van der Waals surface area contributed by atoms with Crippen LogP contribution in [0.4, 0.5) is 0 Å². The predicted octanol–water partition coefficient (Wildman–Crippen LogP) is -3.01. The maximum atomic E-state index is 13.5. The van der Waals surface area contributed by atoms with Crippen molar-refractivity contribution >= 4 is 33.8 Å². The lowest BCUT2D eigenvalue weighted by Crippen LogP contribution is -2.74. The molecule has 13 heteroatoms. The summed E-state index contributed by atoms with van der Waals surface area (Å²) in [6.07, 6.45) is -1.16. The normalized spacial score (nSPS) is 45.5. The fraction of sp³-hybridized carbons (Fsp3) is 0.588. The second-order valence-corrected chi connectivity index (χ2v) is 9.55. The predicted molar refractivity (Wildman–Crippen MR) is 109 cm³/mol. The minimum absolute atomic E-state index is 0.0304. The molecule has 1 aliphatic carbocycles. The van der Waals surface area contributed by atoms with Crippen LogP contribution in [-0.2, 0) is 0 Å². The van der Waals surface area contributed by atoms with Crippen LogP contribution in [0.5, 0.6) is 0 Å². The summed E-state index contributed by atoms with van der Waals surface area (Å²) in [4.78, 5) is 23.9. The van der Waals surface area contributed by atoms with Gasteiger partial charge in [0, 0.05) is 29.1 Å². The van der Waals surface area contributed by atoms with Gasteiger partial charge in [-0.25, -0.2) is 9.98 Å². The molecule has 160 valence electrons. The van der Waals surface area contributed by atoms with Crippen LogP contribution in [0, 0.1) is 17.8 Å². The van der Waals surface area contributed by atoms with Gasteiger partial charge >= 0.3 is 0 Å². The van der Waals surface area contributed by atoms with E-state index in [4.69, 9.17) is 17.2 Å². The van der Waals surface area contributed by atoms with Crippen LogP contribution < -0.4 is 27.8 Å². The van der Waals surface area contributed by atoms with Crippen LogP contribution in [0.1, 0.15) is 16.7 Å². The average molecular weight is 480 g/mol. The maximum absolute atomic E-state index is 13.5. The van der Waals surface area contributed by atoms with Gasteiger partial charge in [0.05, 0.1) is 6.10 Å². The van der Waals surface area contributed by atoms with Gasteiger partial charge in [-0.15, -0.1) is 0 Å². The van der Waals surface area contributed by atoms with Crippen molar-refractivity contribution in [2.24, 2.45) is 44.9 Å². The monoisotopic (exact) mass is 479 g/mol. The summed E-state index contributed by atoms with van der Waals surface area (Å²) in [5.74, 6) is -1.13. The van der Waals surface area contributed by atoms with E-state index in [9.17, 15) is 15.0 Å². The molecule has 0 radical (unpaired) electrons. The quantitative estimate of drug-likeness (QED) is 0.221. The second-order valence-electron chi connectivity index (χ2n) is 8.64. The van der Waals surface area contributed by atoms with Gasteiger partial charge in [-0.1, -0.05) is 0 Å². The first-order valence-corrected chi connectivity index (χ1v) is 10.5. The molecule has 8 atom stereocenters. The SMILES string of the molecule is NC[C@@H]1[C@@H]2CN3C(=O)c4cc(Br)cn4[C@@H]4N=C(N)N[C@@]43[C@@H]2C2(NC(N)=N[C@@H]2O)[C@@H]1O. The van der Waals surface area contributed by atoms with E-state index in [0.717, 1.165) is 4.47 Å². The van der Waals surface area contributed by atoms with Crippen LogP contribution in [-0.4, -0.2) is 74.1 Å². The van der Waals surface area contributed by atoms with E-state index in [1.165, 1.54) is 0 Å². The zero-order valence-electron chi connectivity index (χ0n) is 15.7. The van der Waals surface area contributed by atoms with Crippen LogP contribution in [0.2, 0.25) is 0 Å². The van der Waals surface area contributed by atoms with Gasteiger partial charge in [0.25, 0.3) is 5.91 Å². The molecule has 1 unspecified atom stereocenters. The molecule has 6 rings (SSSR count). The molecule has 30 heavy (non-hydrogen) atoms. The number of nitrogens with zero attached hydrogens (tertiary/aromatic N) is 4. The van der Waals surface area contributed by atoms with Crippen LogP contribution in [0.3, 0.4) is 0 Å². The highest BCUT2D eigenvalue weighted by molar-refractivity contribution is 9.10. The number of carbonyl (C=O) groups excluding carboxylic acids is 1. The van der Waals surface area contributed by atoms with Gasteiger partial charge in [-0.2, -0.15) is 0 Å². The molecule has 5 heterocycles. The second kappa shape index (κ2) is 5.46. The van der Waals surface area contributed by atoms with Gasteiger partial charge in [-0.05, 0) is 34.5 Å². The summed E-state index contributed by atoms with van der Waals surface area (Å²) in [5, 5.41) is 28.6. The van der Waals surface area contributed by atoms with Gasteiger partial charge in [0.15, 0.2) is 30.0 Å². The van der Waals surface area contributed by atoms with Gasteiger partial charge in [0.2, 0.25) is 0 Å². The Hall–Kier alpha value is -2.35. The molecule has 1 aromatic rings. The van der Waals surface area contributed by atoms with Crippen molar-refractivity contribution in [1.82, 2.24) is 20.1 Å². The summed E-state index contributed by atoms with van der Waals surface area (Å²) < 4.78 is 2.52. The molecular formula is C17H22BrN9O3. The zero-order chi connectivity index (χ0) is 21.2. The van der Waals surface area contributed by atoms with E-state index in [1.807, 2.05) is 0 Å². The summed E-state index contributed by atoms with van der Waals surface area (Å²) in [6, 6.07) is 1.75. The summed E-state index contributed by atoms with van der Waals surface area (Å²) in [6.45, 7) is 0.503. The van der Waals surface area contributed by atoms with E-state index in [-0.39, 0.29) is 36.2 Å². The Morgan fingerprint density at radius 3 is 2.67 bits per heavy atom. The van der Waals surface area contributed by atoms with E-state index in [1.54, 1.807) is 21.7 Å². The Labute approximate surface area is 179 Å². The molecule has 1 aromatic heterocycles. The van der Waals surface area contributed by atoms with Crippen LogP contribution in [0.25, 0.3) is 0 Å². The third-order valence-electron chi connectivity index (χ3n) is 7.53. The van der Waals surface area contributed by atoms with Gasteiger partial charge in [-0.3, -0.25) is 4.79 Å². The first-order chi connectivity index (χ1) is 14.3. The molecule has 1 saturated carbocycles. The fourth-order valence-electron chi connectivity index (χ4n) is 6.62. The van der Waals surface area contributed by atoms with Crippen molar-refractivity contribution in [1.29, 1.82) is 0 Å². The average Bonchev–Trinajstić information content (AvgIpc) is 3.42. The minimum Gasteiger partial charge on any atom is -0.390 e. The van der Waals surface area contributed by atoms with Crippen molar-refractivity contribution in [3.05, 3.63) is 22.4 Å². The number of aliphatic hydroxyl groups excluding tert-OH is 2. The molecule has 10 N–H and O–H groups in total. The molecule has 5 aliphatic rings. The highest BCUT2D eigenvalue weighted by Crippen LogP contribution is 2.62. The smallest absolute Gasteiger partial charge is 0.272 e. The maximum Gasteiger partial charge on any atom is 0.272 e. The Kier molecular flexibility index (Phi) is 3.35. The number of nitrogens with one attached hydrogen (secondary N) is 2. The molecular weight excluding hydrogens is 458 g/mol. The number of nitrogens with two attached hydrogens (primary N) is 3. The molecule has 1 saturated heterocycles. The van der Waals surface area contributed by atoms with Crippen molar-refractivity contribution in [3.8, 4) is 0 Å². The van der Waals surface area contributed by atoms with E-state index in [0.29, 0.717) is 12.2 Å². The first kappa shape index (κ1) is 18.4. The zero-order valence-corrected chi connectivity index (χ0v) is 17.3. The van der Waals surface area contributed by atoms with Crippen LogP contribution >= 0.6 is 15.9 Å². The lowest BCUT2D eigenvalue weighted by atomic mass is 9.73. The van der Waals surface area contributed by atoms with Gasteiger partial charge < -0.3 is 47.5 Å². The summed E-state index contributed by atoms with van der Waals surface area (Å²) >= 11 is 3.44. The highest BCUT2D eigenvalue weighted by atomic mass is 79.9. The van der Waals surface area contributed by atoms with E-state index in [2.05, 4.69) is 36.5 Å². The largest absolute Gasteiger partial charge is 0.390 e. The Bertz CT molecular complexity index is 1040. The first-order valence-electron chi connectivity index (χ1n) is 9.74. The van der Waals surface area contributed by atoms with Crippen molar-refractivity contribution < 1.29 is 15.0 Å². The number of aliphatic imine (C=N–C) groups is 2. The Morgan fingerprint density at radius 1 is 1.27 bits per heavy atom. The molecule has 2 spiro atoms.